The van der Waals surface area contributed by atoms with Gasteiger partial charge in [0.05, 0.1) is 6.42 Å². The van der Waals surface area contributed by atoms with Crippen LogP contribution in [0.5, 0.6) is 0 Å². The maximum absolute atomic E-state index is 11.9. The van der Waals surface area contributed by atoms with Crippen LogP contribution in [-0.2, 0) is 9.53 Å². The summed E-state index contributed by atoms with van der Waals surface area (Å²) in [5.74, 6) is -0.538. The van der Waals surface area contributed by atoms with Gasteiger partial charge in [-0.3, -0.25) is 4.79 Å². The fraction of sp³-hybridized carbons (Fsp3) is 0.875. The zero-order chi connectivity index (χ0) is 11.4. The fourth-order valence-electron chi connectivity index (χ4n) is 0.865. The molecule has 14 heavy (non-hydrogen) atoms. The van der Waals surface area contributed by atoms with Crippen molar-refractivity contribution < 1.29 is 22.7 Å². The van der Waals surface area contributed by atoms with E-state index >= 15 is 0 Å². The summed E-state index contributed by atoms with van der Waals surface area (Å²) in [6.07, 6.45) is -6.02. The summed E-state index contributed by atoms with van der Waals surface area (Å²) >= 11 is 0. The van der Waals surface area contributed by atoms with Crippen LogP contribution in [0, 0.1) is 0 Å². The molecule has 3 nitrogen and oxygen atoms in total. The minimum Gasteiger partial charge on any atom is -0.372 e. The first-order valence-corrected chi connectivity index (χ1v) is 4.16. The Kier molecular flexibility index (Phi) is 4.90. The molecule has 1 N–H and O–H groups in total. The molecule has 0 fully saturated rings. The average Bonchev–Trinajstić information content (AvgIpc) is 1.99. The molecule has 0 aromatic carbocycles. The lowest BCUT2D eigenvalue weighted by Gasteiger charge is -2.17. The number of methoxy groups -OCH3 is 1. The second kappa shape index (κ2) is 5.19. The van der Waals surface area contributed by atoms with E-state index in [9.17, 15) is 18.0 Å². The summed E-state index contributed by atoms with van der Waals surface area (Å²) < 4.78 is 40.2. The number of halogens is 3. The Morgan fingerprint density at radius 3 is 2.29 bits per heavy atom. The number of ether oxygens (including phenoxy) is 1. The van der Waals surface area contributed by atoms with Crippen molar-refractivity contribution in [1.82, 2.24) is 5.32 Å². The second-order valence-electron chi connectivity index (χ2n) is 3.11. The molecule has 0 aliphatic carbocycles. The van der Waals surface area contributed by atoms with E-state index in [1.807, 2.05) is 0 Å². The summed E-state index contributed by atoms with van der Waals surface area (Å²) in [6.45, 7) is 2.77. The number of carbonyl (C=O) groups is 1. The normalized spacial score (nSPS) is 16.1. The molecule has 84 valence electrons. The summed E-state index contributed by atoms with van der Waals surface area (Å²) in [4.78, 5) is 11.1. The summed E-state index contributed by atoms with van der Waals surface area (Å²) in [6, 6.07) is -0.930. The topological polar surface area (TPSA) is 38.3 Å². The highest BCUT2D eigenvalue weighted by Crippen LogP contribution is 2.21. The smallest absolute Gasteiger partial charge is 0.372 e. The molecule has 2 atom stereocenters. The van der Waals surface area contributed by atoms with E-state index in [1.165, 1.54) is 21.0 Å². The molecule has 2 unspecified atom stereocenters. The molecule has 1 amide bonds. The molecule has 0 rings (SSSR count). The maximum Gasteiger partial charge on any atom is 0.391 e. The number of nitrogens with one attached hydrogen (secondary N) is 1. The molecular weight excluding hydrogens is 199 g/mol. The lowest BCUT2D eigenvalue weighted by molar-refractivity contribution is -0.143. The van der Waals surface area contributed by atoms with Crippen LogP contribution in [0.4, 0.5) is 13.2 Å². The first-order chi connectivity index (χ1) is 6.26. The lowest BCUT2D eigenvalue weighted by atomic mass is 10.2. The predicted molar refractivity (Wildman–Crippen MR) is 44.7 cm³/mol. The van der Waals surface area contributed by atoms with Gasteiger partial charge in [0.2, 0.25) is 5.91 Å². The van der Waals surface area contributed by atoms with Gasteiger partial charge in [0.25, 0.3) is 0 Å². The highest BCUT2D eigenvalue weighted by Gasteiger charge is 2.31. The van der Waals surface area contributed by atoms with Crippen molar-refractivity contribution in [2.75, 3.05) is 7.11 Å². The fourth-order valence-corrected chi connectivity index (χ4v) is 0.865. The van der Waals surface area contributed by atoms with Crippen LogP contribution in [0.25, 0.3) is 0 Å². The number of hydrogen-bond donors (Lipinski definition) is 1. The minimum atomic E-state index is -4.26. The van der Waals surface area contributed by atoms with Gasteiger partial charge in [-0.1, -0.05) is 0 Å². The van der Waals surface area contributed by atoms with Crippen molar-refractivity contribution in [3.63, 3.8) is 0 Å². The standard InChI is InChI=1S/C8H14F3NO2/c1-5(4-8(9,10)11)12-7(13)6(2)14-3/h5-6H,4H2,1-3H3,(H,12,13). The van der Waals surface area contributed by atoms with E-state index < -0.39 is 30.7 Å². The molecule has 0 spiro atoms. The van der Waals surface area contributed by atoms with Gasteiger partial charge < -0.3 is 10.1 Å². The van der Waals surface area contributed by atoms with Crippen molar-refractivity contribution >= 4 is 5.91 Å². The summed E-state index contributed by atoms with van der Waals surface area (Å²) in [5.41, 5.74) is 0. The summed E-state index contributed by atoms with van der Waals surface area (Å²) in [7, 11) is 1.32. The largest absolute Gasteiger partial charge is 0.391 e. The molecule has 0 radical (unpaired) electrons. The van der Waals surface area contributed by atoms with E-state index in [0.29, 0.717) is 0 Å². The van der Waals surface area contributed by atoms with E-state index in [4.69, 9.17) is 0 Å². The molecule has 0 saturated carbocycles. The third-order valence-electron chi connectivity index (χ3n) is 1.65. The Morgan fingerprint density at radius 2 is 1.93 bits per heavy atom. The van der Waals surface area contributed by atoms with Crippen molar-refractivity contribution in [2.45, 2.75) is 38.6 Å². The van der Waals surface area contributed by atoms with E-state index in [2.05, 4.69) is 10.1 Å². The molecule has 0 aromatic rings. The monoisotopic (exact) mass is 213 g/mol. The average molecular weight is 213 g/mol. The number of hydrogen-bond acceptors (Lipinski definition) is 2. The Bertz CT molecular complexity index is 194. The third kappa shape index (κ3) is 5.80. The van der Waals surface area contributed by atoms with Crippen LogP contribution in [0.3, 0.4) is 0 Å². The molecule has 0 heterocycles. The quantitative estimate of drug-likeness (QED) is 0.768. The van der Waals surface area contributed by atoms with Gasteiger partial charge in [-0.15, -0.1) is 0 Å². The third-order valence-corrected chi connectivity index (χ3v) is 1.65. The Hall–Kier alpha value is -0.780. The highest BCUT2D eigenvalue weighted by atomic mass is 19.4. The van der Waals surface area contributed by atoms with Gasteiger partial charge in [-0.2, -0.15) is 13.2 Å². The van der Waals surface area contributed by atoms with Crippen molar-refractivity contribution in [3.8, 4) is 0 Å². The number of rotatable bonds is 4. The SMILES string of the molecule is COC(C)C(=O)NC(C)CC(F)(F)F. The molecule has 6 heteroatoms. The van der Waals surface area contributed by atoms with Gasteiger partial charge in [-0.25, -0.2) is 0 Å². The minimum absolute atomic E-state index is 0.538. The molecule has 0 saturated heterocycles. The Balaban J connectivity index is 3.95. The van der Waals surface area contributed by atoms with Gasteiger partial charge >= 0.3 is 6.18 Å². The van der Waals surface area contributed by atoms with Crippen LogP contribution < -0.4 is 5.32 Å². The Labute approximate surface area is 80.6 Å². The maximum atomic E-state index is 11.9. The first-order valence-electron chi connectivity index (χ1n) is 4.16. The molecule has 0 aliphatic heterocycles. The van der Waals surface area contributed by atoms with E-state index in [1.54, 1.807) is 0 Å². The van der Waals surface area contributed by atoms with Crippen molar-refractivity contribution in [2.24, 2.45) is 0 Å². The molecule has 0 aromatic heterocycles. The van der Waals surface area contributed by atoms with E-state index in [0.717, 1.165) is 0 Å². The van der Waals surface area contributed by atoms with Crippen molar-refractivity contribution in [1.29, 1.82) is 0 Å². The van der Waals surface area contributed by atoms with Gasteiger partial charge in [0.15, 0.2) is 0 Å². The number of carbonyl (C=O) groups excluding carboxylic acids is 1. The molecular formula is C8H14F3NO2. The number of amides is 1. The van der Waals surface area contributed by atoms with Crippen LogP contribution in [0.1, 0.15) is 20.3 Å². The molecule has 0 bridgehead atoms. The van der Waals surface area contributed by atoms with Gasteiger partial charge in [-0.05, 0) is 13.8 Å². The van der Waals surface area contributed by atoms with Crippen molar-refractivity contribution in [3.05, 3.63) is 0 Å². The number of alkyl halides is 3. The van der Waals surface area contributed by atoms with Gasteiger partial charge in [0.1, 0.15) is 6.10 Å². The van der Waals surface area contributed by atoms with Crippen LogP contribution in [-0.4, -0.2) is 31.3 Å². The van der Waals surface area contributed by atoms with Gasteiger partial charge in [0, 0.05) is 13.2 Å². The molecule has 0 aliphatic rings. The van der Waals surface area contributed by atoms with Crippen LogP contribution in [0.15, 0.2) is 0 Å². The Morgan fingerprint density at radius 1 is 1.43 bits per heavy atom. The van der Waals surface area contributed by atoms with Crippen LogP contribution in [0.2, 0.25) is 0 Å². The summed E-state index contributed by atoms with van der Waals surface area (Å²) in [5, 5.41) is 2.20. The van der Waals surface area contributed by atoms with Crippen LogP contribution >= 0.6 is 0 Å². The second-order valence-corrected chi connectivity index (χ2v) is 3.11. The first kappa shape index (κ1) is 13.2. The predicted octanol–water partition coefficient (Wildman–Crippen LogP) is 1.48. The zero-order valence-corrected chi connectivity index (χ0v) is 8.31. The highest BCUT2D eigenvalue weighted by molar-refractivity contribution is 5.80. The lowest BCUT2D eigenvalue weighted by Crippen LogP contribution is -2.41. The van der Waals surface area contributed by atoms with E-state index in [-0.39, 0.29) is 0 Å². The zero-order valence-electron chi connectivity index (χ0n) is 8.31.